The Kier molecular flexibility index (Phi) is 5.41. The van der Waals surface area contributed by atoms with E-state index in [2.05, 4.69) is 14.7 Å². The lowest BCUT2D eigenvalue weighted by Crippen LogP contribution is -2.36. The second-order valence-corrected chi connectivity index (χ2v) is 7.76. The van der Waals surface area contributed by atoms with Crippen LogP contribution < -0.4 is 20.2 Å². The van der Waals surface area contributed by atoms with Crippen LogP contribution in [0, 0.1) is 0 Å². The lowest BCUT2D eigenvalue weighted by Gasteiger charge is -2.23. The zero-order valence-corrected chi connectivity index (χ0v) is 16.3. The Balaban J connectivity index is 2.13. The van der Waals surface area contributed by atoms with Crippen molar-refractivity contribution in [2.24, 2.45) is 0 Å². The number of carbonyl (C=O) groups is 1. The monoisotopic (exact) mass is 419 g/mol. The average molecular weight is 419 g/mol. The zero-order chi connectivity index (χ0) is 21.2. The Hall–Kier alpha value is -3.60. The number of hydrogen-bond donors (Lipinski definition) is 2. The Labute approximate surface area is 164 Å². The summed E-state index contributed by atoms with van der Waals surface area (Å²) < 4.78 is 37.1. The SMILES string of the molecule is COC(=O)CN(c1ccc(OC)cc1)S(=O)(=O)c1ccc2[nH]c(=O)c(=O)[nH]c2c1. The molecule has 0 bridgehead atoms. The van der Waals surface area contributed by atoms with Crippen molar-refractivity contribution in [3.8, 4) is 5.75 Å². The normalized spacial score (nSPS) is 11.2. The van der Waals surface area contributed by atoms with Crippen molar-refractivity contribution in [2.75, 3.05) is 25.1 Å². The molecular weight excluding hydrogens is 402 g/mol. The summed E-state index contributed by atoms with van der Waals surface area (Å²) >= 11 is 0. The van der Waals surface area contributed by atoms with Crippen molar-refractivity contribution >= 4 is 32.7 Å². The van der Waals surface area contributed by atoms with Gasteiger partial charge in [0.25, 0.3) is 10.0 Å². The molecule has 2 N–H and O–H groups in total. The molecule has 0 fully saturated rings. The van der Waals surface area contributed by atoms with Gasteiger partial charge in [0.1, 0.15) is 12.3 Å². The van der Waals surface area contributed by atoms with E-state index in [0.717, 1.165) is 11.4 Å². The predicted molar refractivity (Wildman–Crippen MR) is 105 cm³/mol. The number of benzene rings is 2. The van der Waals surface area contributed by atoms with Crippen LogP contribution in [-0.4, -0.2) is 45.1 Å². The lowest BCUT2D eigenvalue weighted by molar-refractivity contribution is -0.138. The van der Waals surface area contributed by atoms with Crippen LogP contribution in [0.25, 0.3) is 11.0 Å². The molecule has 0 saturated heterocycles. The number of nitrogens with one attached hydrogen (secondary N) is 2. The van der Waals surface area contributed by atoms with Gasteiger partial charge < -0.3 is 19.4 Å². The number of fused-ring (bicyclic) bond motifs is 1. The molecule has 1 heterocycles. The third kappa shape index (κ3) is 3.99. The molecule has 2 aromatic carbocycles. The van der Waals surface area contributed by atoms with Gasteiger partial charge in [0, 0.05) is 0 Å². The molecule has 0 aliphatic rings. The van der Waals surface area contributed by atoms with Crippen molar-refractivity contribution in [1.82, 2.24) is 9.97 Å². The number of hydrogen-bond acceptors (Lipinski definition) is 7. The number of nitrogens with zero attached hydrogens (tertiary/aromatic N) is 1. The van der Waals surface area contributed by atoms with Gasteiger partial charge in [0.2, 0.25) is 0 Å². The Morgan fingerprint density at radius 1 is 0.966 bits per heavy atom. The van der Waals surface area contributed by atoms with Gasteiger partial charge in [0.05, 0.1) is 35.8 Å². The highest BCUT2D eigenvalue weighted by Gasteiger charge is 2.28. The van der Waals surface area contributed by atoms with Crippen LogP contribution in [0.15, 0.2) is 56.9 Å². The summed E-state index contributed by atoms with van der Waals surface area (Å²) in [6.07, 6.45) is 0. The van der Waals surface area contributed by atoms with E-state index >= 15 is 0 Å². The van der Waals surface area contributed by atoms with Crippen LogP contribution >= 0.6 is 0 Å². The molecule has 0 aliphatic heterocycles. The Bertz CT molecular complexity index is 1280. The fourth-order valence-corrected chi connectivity index (χ4v) is 4.06. The second-order valence-electron chi connectivity index (χ2n) is 5.90. The van der Waals surface area contributed by atoms with Gasteiger partial charge in [-0.2, -0.15) is 0 Å². The molecule has 0 atom stereocenters. The zero-order valence-electron chi connectivity index (χ0n) is 15.5. The molecule has 0 radical (unpaired) electrons. The maximum Gasteiger partial charge on any atom is 0.326 e. The van der Waals surface area contributed by atoms with Crippen molar-refractivity contribution in [2.45, 2.75) is 4.90 Å². The molecule has 0 spiro atoms. The molecule has 3 aromatic rings. The van der Waals surface area contributed by atoms with E-state index in [1.807, 2.05) is 0 Å². The Morgan fingerprint density at radius 2 is 1.59 bits per heavy atom. The highest BCUT2D eigenvalue weighted by atomic mass is 32.2. The smallest absolute Gasteiger partial charge is 0.326 e. The first-order chi connectivity index (χ1) is 13.8. The summed E-state index contributed by atoms with van der Waals surface area (Å²) in [5.74, 6) is -0.251. The summed E-state index contributed by atoms with van der Waals surface area (Å²) in [6.45, 7) is -0.564. The number of esters is 1. The van der Waals surface area contributed by atoms with Gasteiger partial charge in [-0.1, -0.05) is 0 Å². The third-order valence-corrected chi connectivity index (χ3v) is 5.91. The van der Waals surface area contributed by atoms with Crippen LogP contribution in [0.1, 0.15) is 0 Å². The average Bonchev–Trinajstić information content (AvgIpc) is 2.72. The predicted octanol–water partition coefficient (Wildman–Crippen LogP) is 0.593. The molecule has 0 unspecified atom stereocenters. The summed E-state index contributed by atoms with van der Waals surface area (Å²) in [6, 6.07) is 9.90. The van der Waals surface area contributed by atoms with Crippen LogP contribution in [0.3, 0.4) is 0 Å². The van der Waals surface area contributed by atoms with Crippen molar-refractivity contribution in [1.29, 1.82) is 0 Å². The van der Waals surface area contributed by atoms with Crippen molar-refractivity contribution in [3.63, 3.8) is 0 Å². The minimum atomic E-state index is -4.22. The second kappa shape index (κ2) is 7.80. The number of anilines is 1. The van der Waals surface area contributed by atoms with Crippen LogP contribution in [0.5, 0.6) is 5.75 Å². The fourth-order valence-electron chi connectivity index (χ4n) is 2.63. The summed E-state index contributed by atoms with van der Waals surface area (Å²) in [7, 11) is -1.59. The van der Waals surface area contributed by atoms with E-state index in [4.69, 9.17) is 4.74 Å². The number of aromatic amines is 2. The van der Waals surface area contributed by atoms with E-state index in [9.17, 15) is 22.8 Å². The molecule has 0 saturated carbocycles. The van der Waals surface area contributed by atoms with Crippen molar-refractivity contribution < 1.29 is 22.7 Å². The Morgan fingerprint density at radius 3 is 2.17 bits per heavy atom. The molecule has 11 heteroatoms. The first-order valence-electron chi connectivity index (χ1n) is 8.26. The molecular formula is C18H17N3O7S. The van der Waals surface area contributed by atoms with E-state index < -0.39 is 33.7 Å². The first-order valence-corrected chi connectivity index (χ1v) is 9.70. The van der Waals surface area contributed by atoms with Crippen LogP contribution in [-0.2, 0) is 19.6 Å². The van der Waals surface area contributed by atoms with Crippen LogP contribution in [0.2, 0.25) is 0 Å². The summed E-state index contributed by atoms with van der Waals surface area (Å²) in [5.41, 5.74) is -1.15. The molecule has 10 nitrogen and oxygen atoms in total. The number of ether oxygens (including phenoxy) is 2. The minimum absolute atomic E-state index is 0.128. The highest BCUT2D eigenvalue weighted by molar-refractivity contribution is 7.92. The fraction of sp³-hybridized carbons (Fsp3) is 0.167. The van der Waals surface area contributed by atoms with E-state index in [-0.39, 0.29) is 21.6 Å². The first kappa shape index (κ1) is 20.1. The topological polar surface area (TPSA) is 139 Å². The molecule has 152 valence electrons. The number of sulfonamides is 1. The van der Waals surface area contributed by atoms with Gasteiger partial charge >= 0.3 is 17.1 Å². The van der Waals surface area contributed by atoms with Crippen LogP contribution in [0.4, 0.5) is 5.69 Å². The minimum Gasteiger partial charge on any atom is -0.497 e. The molecule has 29 heavy (non-hydrogen) atoms. The molecule has 0 aliphatic carbocycles. The number of aromatic nitrogens is 2. The van der Waals surface area contributed by atoms with Gasteiger partial charge in [0.15, 0.2) is 0 Å². The third-order valence-electron chi connectivity index (χ3n) is 4.14. The standard InChI is InChI=1S/C18H17N3O7S/c1-27-12-5-3-11(4-6-12)21(10-16(22)28-2)29(25,26)13-7-8-14-15(9-13)20-18(24)17(23)19-14/h3-9H,10H2,1-2H3,(H,19,23)(H,20,24). The maximum atomic E-state index is 13.3. The lowest BCUT2D eigenvalue weighted by atomic mass is 10.3. The van der Waals surface area contributed by atoms with Gasteiger partial charge in [-0.15, -0.1) is 0 Å². The number of methoxy groups -OCH3 is 2. The number of carbonyl (C=O) groups excluding carboxylic acids is 1. The van der Waals surface area contributed by atoms with E-state index in [1.165, 1.54) is 37.4 Å². The number of rotatable bonds is 6. The van der Waals surface area contributed by atoms with Crippen molar-refractivity contribution in [3.05, 3.63) is 63.2 Å². The highest BCUT2D eigenvalue weighted by Crippen LogP contribution is 2.26. The quantitative estimate of drug-likeness (QED) is 0.440. The molecule has 3 rings (SSSR count). The maximum absolute atomic E-state index is 13.3. The summed E-state index contributed by atoms with van der Waals surface area (Å²) in [5, 5.41) is 0. The van der Waals surface area contributed by atoms with E-state index in [0.29, 0.717) is 5.75 Å². The van der Waals surface area contributed by atoms with E-state index in [1.54, 1.807) is 12.1 Å². The molecule has 0 amide bonds. The van der Waals surface area contributed by atoms with Gasteiger partial charge in [-0.25, -0.2) is 8.42 Å². The summed E-state index contributed by atoms with van der Waals surface area (Å²) in [4.78, 5) is 39.3. The largest absolute Gasteiger partial charge is 0.497 e. The molecule has 1 aromatic heterocycles. The van der Waals surface area contributed by atoms with Gasteiger partial charge in [-0.3, -0.25) is 18.7 Å². The number of H-pyrrole nitrogens is 2. The van der Waals surface area contributed by atoms with Gasteiger partial charge in [-0.05, 0) is 42.5 Å².